The summed E-state index contributed by atoms with van der Waals surface area (Å²) in [4.78, 5) is 23.3. The summed E-state index contributed by atoms with van der Waals surface area (Å²) in [6.45, 7) is 6.78. The topological polar surface area (TPSA) is 72.8 Å². The average Bonchev–Trinajstić information content (AvgIpc) is 2.67. The van der Waals surface area contributed by atoms with Crippen LogP contribution >= 0.6 is 0 Å². The zero-order valence-corrected chi connectivity index (χ0v) is 13.6. The average molecular weight is 308 g/mol. The summed E-state index contributed by atoms with van der Waals surface area (Å²) in [7, 11) is 0. The Hall–Kier alpha value is -1.62. The third-order valence-corrected chi connectivity index (χ3v) is 4.58. The molecule has 5 nitrogen and oxygen atoms in total. The molecule has 3 atom stereocenters. The highest BCUT2D eigenvalue weighted by Gasteiger charge is 2.43. The van der Waals surface area contributed by atoms with Crippen molar-refractivity contribution in [3.63, 3.8) is 0 Å². The fourth-order valence-electron chi connectivity index (χ4n) is 3.11. The molecule has 5 heteroatoms. The molecule has 0 bridgehead atoms. The summed E-state index contributed by atoms with van der Waals surface area (Å²) in [5.41, 5.74) is 1.65. The number of hydrogen-bond donors (Lipinski definition) is 1. The predicted molar refractivity (Wildman–Crippen MR) is 81.0 cm³/mol. The first-order chi connectivity index (χ1) is 10.2. The molecule has 1 aliphatic heterocycles. The molecule has 2 rings (SSSR count). The number of rotatable bonds is 1. The second-order valence-corrected chi connectivity index (χ2v) is 6.46. The summed E-state index contributed by atoms with van der Waals surface area (Å²) in [5.74, 6) is -0.772. The minimum absolute atomic E-state index is 0.277. The molecule has 0 saturated heterocycles. The van der Waals surface area contributed by atoms with Crippen LogP contribution in [-0.2, 0) is 19.1 Å². The van der Waals surface area contributed by atoms with Crippen molar-refractivity contribution in [1.29, 1.82) is 0 Å². The molecule has 0 aromatic carbocycles. The Balaban J connectivity index is 2.38. The van der Waals surface area contributed by atoms with Gasteiger partial charge in [-0.25, -0.2) is 4.79 Å². The van der Waals surface area contributed by atoms with E-state index < -0.39 is 23.8 Å². The molecule has 1 heterocycles. The van der Waals surface area contributed by atoms with Gasteiger partial charge in [-0.3, -0.25) is 4.79 Å². The van der Waals surface area contributed by atoms with E-state index in [9.17, 15) is 14.7 Å². The van der Waals surface area contributed by atoms with Gasteiger partial charge in [0.25, 0.3) is 0 Å². The highest BCUT2D eigenvalue weighted by Crippen LogP contribution is 2.36. The van der Waals surface area contributed by atoms with Crippen LogP contribution in [0.4, 0.5) is 0 Å². The maximum absolute atomic E-state index is 11.9. The van der Waals surface area contributed by atoms with Gasteiger partial charge in [-0.05, 0) is 45.6 Å². The molecule has 0 fully saturated rings. The molecule has 0 unspecified atom stereocenters. The van der Waals surface area contributed by atoms with Crippen molar-refractivity contribution < 1.29 is 24.2 Å². The Labute approximate surface area is 131 Å². The van der Waals surface area contributed by atoms with Crippen LogP contribution < -0.4 is 0 Å². The van der Waals surface area contributed by atoms with Crippen molar-refractivity contribution in [2.45, 2.75) is 71.2 Å². The van der Waals surface area contributed by atoms with Crippen LogP contribution in [0.15, 0.2) is 22.8 Å². The molecular weight excluding hydrogens is 284 g/mol. The Morgan fingerprint density at radius 2 is 2.09 bits per heavy atom. The monoisotopic (exact) mass is 308 g/mol. The zero-order chi connectivity index (χ0) is 16.5. The molecule has 0 radical (unpaired) electrons. The summed E-state index contributed by atoms with van der Waals surface area (Å²) in [6, 6.07) is 0. The predicted octanol–water partition coefficient (Wildman–Crippen LogP) is 2.43. The first kappa shape index (κ1) is 16.7. The standard InChI is InChI=1S/C17H24O5/c1-10-5-7-13-11(2)16(20)21-14(13)9-17(4,22-12(3)18)15(19)8-6-10/h6,14-15,19H,5,7-9H2,1-4H3/b10-6-/t14-,15+,17+/m1/s1. The number of esters is 2. The van der Waals surface area contributed by atoms with Gasteiger partial charge in [-0.1, -0.05) is 11.6 Å². The molecule has 1 N–H and O–H groups in total. The van der Waals surface area contributed by atoms with E-state index in [1.54, 1.807) is 13.8 Å². The summed E-state index contributed by atoms with van der Waals surface area (Å²) in [6.07, 6.45) is 2.96. The lowest BCUT2D eigenvalue weighted by atomic mass is 9.84. The number of aliphatic hydroxyl groups is 1. The number of aliphatic hydroxyl groups excluding tert-OH is 1. The normalized spacial score (nSPS) is 35.3. The van der Waals surface area contributed by atoms with Gasteiger partial charge in [0.2, 0.25) is 0 Å². The van der Waals surface area contributed by atoms with Gasteiger partial charge in [-0.15, -0.1) is 0 Å². The van der Waals surface area contributed by atoms with Gasteiger partial charge >= 0.3 is 11.9 Å². The smallest absolute Gasteiger partial charge is 0.334 e. The number of hydrogen-bond acceptors (Lipinski definition) is 5. The molecule has 0 aromatic rings. The second kappa shape index (κ2) is 6.24. The van der Waals surface area contributed by atoms with Crippen LogP contribution in [-0.4, -0.2) is 34.9 Å². The van der Waals surface area contributed by atoms with Gasteiger partial charge in [0, 0.05) is 18.9 Å². The van der Waals surface area contributed by atoms with E-state index in [4.69, 9.17) is 9.47 Å². The molecule has 2 aliphatic rings. The molecule has 122 valence electrons. The molecule has 0 saturated carbocycles. The van der Waals surface area contributed by atoms with Crippen LogP contribution in [0.5, 0.6) is 0 Å². The minimum atomic E-state index is -1.08. The first-order valence-electron chi connectivity index (χ1n) is 7.67. The van der Waals surface area contributed by atoms with E-state index in [0.717, 1.165) is 24.0 Å². The Bertz CT molecular complexity index is 545. The molecule has 0 aromatic heterocycles. The number of carbonyl (C=O) groups is 2. The molecule has 0 spiro atoms. The molecular formula is C17H24O5. The fraction of sp³-hybridized carbons (Fsp3) is 0.647. The zero-order valence-electron chi connectivity index (χ0n) is 13.6. The first-order valence-corrected chi connectivity index (χ1v) is 7.67. The highest BCUT2D eigenvalue weighted by molar-refractivity contribution is 5.91. The lowest BCUT2D eigenvalue weighted by Crippen LogP contribution is -2.46. The van der Waals surface area contributed by atoms with Crippen molar-refractivity contribution in [3.8, 4) is 0 Å². The fourth-order valence-corrected chi connectivity index (χ4v) is 3.11. The Morgan fingerprint density at radius 3 is 2.73 bits per heavy atom. The maximum Gasteiger partial charge on any atom is 0.334 e. The van der Waals surface area contributed by atoms with Crippen molar-refractivity contribution in [3.05, 3.63) is 22.8 Å². The van der Waals surface area contributed by atoms with Gasteiger partial charge in [0.1, 0.15) is 11.7 Å². The van der Waals surface area contributed by atoms with E-state index in [-0.39, 0.29) is 12.4 Å². The third-order valence-electron chi connectivity index (χ3n) is 4.58. The lowest BCUT2D eigenvalue weighted by Gasteiger charge is -2.36. The SMILES string of the molecule is CC(=O)O[C@@]1(C)C[C@H]2OC(=O)C(C)=C2CC/C(C)=C\C[C@@H]1O. The van der Waals surface area contributed by atoms with Crippen LogP contribution in [0.25, 0.3) is 0 Å². The quantitative estimate of drug-likeness (QED) is 0.595. The summed E-state index contributed by atoms with van der Waals surface area (Å²) in [5, 5.41) is 10.5. The van der Waals surface area contributed by atoms with E-state index in [0.29, 0.717) is 12.0 Å². The number of fused-ring (bicyclic) bond motifs is 1. The van der Waals surface area contributed by atoms with Crippen LogP contribution in [0.3, 0.4) is 0 Å². The van der Waals surface area contributed by atoms with E-state index in [2.05, 4.69) is 0 Å². The highest BCUT2D eigenvalue weighted by atomic mass is 16.6. The van der Waals surface area contributed by atoms with Crippen molar-refractivity contribution in [2.24, 2.45) is 0 Å². The summed E-state index contributed by atoms with van der Waals surface area (Å²) < 4.78 is 10.8. The van der Waals surface area contributed by atoms with E-state index in [1.807, 2.05) is 13.0 Å². The van der Waals surface area contributed by atoms with Crippen LogP contribution in [0, 0.1) is 0 Å². The van der Waals surface area contributed by atoms with Crippen molar-refractivity contribution in [2.75, 3.05) is 0 Å². The number of ether oxygens (including phenoxy) is 2. The Morgan fingerprint density at radius 1 is 1.41 bits per heavy atom. The summed E-state index contributed by atoms with van der Waals surface area (Å²) >= 11 is 0. The van der Waals surface area contributed by atoms with Gasteiger partial charge in [-0.2, -0.15) is 0 Å². The number of allylic oxidation sites excluding steroid dienone is 1. The Kier molecular flexibility index (Phi) is 4.75. The third kappa shape index (κ3) is 3.40. The lowest BCUT2D eigenvalue weighted by molar-refractivity contribution is -0.173. The van der Waals surface area contributed by atoms with Crippen LogP contribution in [0.1, 0.15) is 53.4 Å². The van der Waals surface area contributed by atoms with Gasteiger partial charge < -0.3 is 14.6 Å². The van der Waals surface area contributed by atoms with E-state index in [1.165, 1.54) is 6.92 Å². The van der Waals surface area contributed by atoms with Crippen molar-refractivity contribution in [1.82, 2.24) is 0 Å². The molecule has 1 aliphatic carbocycles. The largest absolute Gasteiger partial charge is 0.457 e. The van der Waals surface area contributed by atoms with Crippen molar-refractivity contribution >= 4 is 11.9 Å². The van der Waals surface area contributed by atoms with Gasteiger partial charge in [0.05, 0.1) is 6.10 Å². The van der Waals surface area contributed by atoms with Gasteiger partial charge in [0.15, 0.2) is 0 Å². The molecule has 22 heavy (non-hydrogen) atoms. The molecule has 0 amide bonds. The van der Waals surface area contributed by atoms with Crippen LogP contribution in [0.2, 0.25) is 0 Å². The number of carbonyl (C=O) groups excluding carboxylic acids is 2. The maximum atomic E-state index is 11.9. The second-order valence-electron chi connectivity index (χ2n) is 6.46. The minimum Gasteiger partial charge on any atom is -0.457 e. The van der Waals surface area contributed by atoms with E-state index >= 15 is 0 Å².